The predicted octanol–water partition coefficient (Wildman–Crippen LogP) is 3.36. The zero-order valence-corrected chi connectivity index (χ0v) is 11.0. The maximum Gasteiger partial charge on any atom is 0.0295 e. The van der Waals surface area contributed by atoms with E-state index in [0.717, 1.165) is 6.42 Å². The van der Waals surface area contributed by atoms with Crippen LogP contribution in [0.3, 0.4) is 0 Å². The lowest BCUT2D eigenvalue weighted by Crippen LogP contribution is -2.30. The molecule has 0 aliphatic heterocycles. The van der Waals surface area contributed by atoms with E-state index < -0.39 is 0 Å². The summed E-state index contributed by atoms with van der Waals surface area (Å²) in [6.07, 6.45) is 4.74. The van der Waals surface area contributed by atoms with E-state index >= 15 is 0 Å². The fourth-order valence-corrected chi connectivity index (χ4v) is 2.20. The Morgan fingerprint density at radius 3 is 2.33 bits per heavy atom. The molecule has 0 saturated heterocycles. The summed E-state index contributed by atoms with van der Waals surface area (Å²) in [7, 11) is 0. The maximum absolute atomic E-state index is 4.05. The highest BCUT2D eigenvalue weighted by Gasteiger charge is 2.09. The van der Waals surface area contributed by atoms with Gasteiger partial charge in [-0.15, -0.1) is 0 Å². The van der Waals surface area contributed by atoms with Crippen LogP contribution in [0.5, 0.6) is 0 Å². The Morgan fingerprint density at radius 2 is 1.67 bits per heavy atom. The molecule has 0 aliphatic rings. The third-order valence-electron chi connectivity index (χ3n) is 3.13. The van der Waals surface area contributed by atoms with Gasteiger partial charge in [0.05, 0.1) is 0 Å². The minimum atomic E-state index is 0.353. The number of hydrogen-bond donors (Lipinski definition) is 1. The zero-order valence-electron chi connectivity index (χ0n) is 11.0. The molecule has 1 unspecified atom stereocenters. The molecule has 0 saturated carbocycles. The Labute approximate surface area is 109 Å². The first-order valence-corrected chi connectivity index (χ1v) is 6.45. The summed E-state index contributed by atoms with van der Waals surface area (Å²) in [5.41, 5.74) is 2.66. The molecule has 0 fully saturated rings. The van der Waals surface area contributed by atoms with Crippen LogP contribution < -0.4 is 5.32 Å². The second-order valence-corrected chi connectivity index (χ2v) is 4.76. The molecule has 0 spiro atoms. The molecule has 1 N–H and O–H groups in total. The predicted molar refractivity (Wildman–Crippen MR) is 75.4 cm³/mol. The van der Waals surface area contributed by atoms with Crippen LogP contribution in [0.25, 0.3) is 0 Å². The van der Waals surface area contributed by atoms with Crippen molar-refractivity contribution in [1.82, 2.24) is 10.3 Å². The van der Waals surface area contributed by atoms with Gasteiger partial charge in [-0.25, -0.2) is 0 Å². The summed E-state index contributed by atoms with van der Waals surface area (Å²) in [4.78, 5) is 4.05. The number of pyridine rings is 1. The van der Waals surface area contributed by atoms with E-state index in [9.17, 15) is 0 Å². The van der Waals surface area contributed by atoms with Gasteiger partial charge in [-0.1, -0.05) is 30.3 Å². The van der Waals surface area contributed by atoms with E-state index in [4.69, 9.17) is 0 Å². The van der Waals surface area contributed by atoms with Crippen molar-refractivity contribution in [3.05, 3.63) is 66.0 Å². The summed E-state index contributed by atoms with van der Waals surface area (Å²) in [6.45, 7) is 4.42. The number of rotatable bonds is 5. The Balaban J connectivity index is 1.90. The van der Waals surface area contributed by atoms with Crippen LogP contribution in [-0.2, 0) is 6.42 Å². The second kappa shape index (κ2) is 6.31. The van der Waals surface area contributed by atoms with Gasteiger partial charge in [-0.05, 0) is 43.5 Å². The van der Waals surface area contributed by atoms with Gasteiger partial charge in [0.25, 0.3) is 0 Å². The van der Waals surface area contributed by atoms with Crippen molar-refractivity contribution in [2.24, 2.45) is 0 Å². The van der Waals surface area contributed by atoms with E-state index in [1.165, 1.54) is 11.1 Å². The summed E-state index contributed by atoms with van der Waals surface area (Å²) in [6, 6.07) is 15.5. The van der Waals surface area contributed by atoms with Crippen LogP contribution in [0.4, 0.5) is 0 Å². The zero-order chi connectivity index (χ0) is 12.8. The van der Waals surface area contributed by atoms with E-state index in [1.807, 2.05) is 12.4 Å². The Morgan fingerprint density at radius 1 is 1.00 bits per heavy atom. The summed E-state index contributed by atoms with van der Waals surface area (Å²) < 4.78 is 0. The summed E-state index contributed by atoms with van der Waals surface area (Å²) >= 11 is 0. The molecule has 1 aromatic carbocycles. The molecule has 2 aromatic rings. The van der Waals surface area contributed by atoms with Gasteiger partial charge in [0.2, 0.25) is 0 Å². The van der Waals surface area contributed by atoms with Gasteiger partial charge >= 0.3 is 0 Å². The van der Waals surface area contributed by atoms with Crippen molar-refractivity contribution < 1.29 is 0 Å². The van der Waals surface area contributed by atoms with Crippen molar-refractivity contribution >= 4 is 0 Å². The highest BCUT2D eigenvalue weighted by Crippen LogP contribution is 2.12. The second-order valence-electron chi connectivity index (χ2n) is 4.76. The normalized spacial score (nSPS) is 14.1. The van der Waals surface area contributed by atoms with Crippen molar-refractivity contribution in [3.8, 4) is 0 Å². The lowest BCUT2D eigenvalue weighted by atomic mass is 10.0. The Kier molecular flexibility index (Phi) is 4.48. The maximum atomic E-state index is 4.05. The van der Waals surface area contributed by atoms with Crippen molar-refractivity contribution in [2.45, 2.75) is 32.4 Å². The lowest BCUT2D eigenvalue weighted by molar-refractivity contribution is 0.477. The standard InChI is InChI=1S/C16H20N2/c1-13(12-15-6-4-3-5-7-15)18-14(2)16-8-10-17-11-9-16/h3-11,13-14,18H,12H2,1-2H3/t13?,14-/m1/s1. The first-order chi connectivity index (χ1) is 8.75. The average molecular weight is 240 g/mol. The highest BCUT2D eigenvalue weighted by molar-refractivity contribution is 5.17. The van der Waals surface area contributed by atoms with Crippen LogP contribution in [0.15, 0.2) is 54.9 Å². The Bertz CT molecular complexity index is 453. The van der Waals surface area contributed by atoms with Crippen molar-refractivity contribution in [3.63, 3.8) is 0 Å². The monoisotopic (exact) mass is 240 g/mol. The number of nitrogens with one attached hydrogen (secondary N) is 1. The van der Waals surface area contributed by atoms with Crippen LogP contribution in [0.2, 0.25) is 0 Å². The first-order valence-electron chi connectivity index (χ1n) is 6.45. The van der Waals surface area contributed by atoms with Crippen molar-refractivity contribution in [1.29, 1.82) is 0 Å². The van der Waals surface area contributed by atoms with Crippen LogP contribution in [0.1, 0.15) is 31.0 Å². The van der Waals surface area contributed by atoms with Crippen LogP contribution in [-0.4, -0.2) is 11.0 Å². The molecule has 0 radical (unpaired) electrons. The van der Waals surface area contributed by atoms with Gasteiger partial charge in [-0.3, -0.25) is 4.98 Å². The highest BCUT2D eigenvalue weighted by atomic mass is 14.9. The van der Waals surface area contributed by atoms with Gasteiger partial charge in [0, 0.05) is 24.5 Å². The third-order valence-corrected chi connectivity index (χ3v) is 3.13. The van der Waals surface area contributed by atoms with Gasteiger partial charge < -0.3 is 5.32 Å². The molecular weight excluding hydrogens is 220 g/mol. The van der Waals surface area contributed by atoms with E-state index in [0.29, 0.717) is 12.1 Å². The smallest absolute Gasteiger partial charge is 0.0295 e. The summed E-state index contributed by atoms with van der Waals surface area (Å²) in [5, 5.41) is 3.62. The molecule has 94 valence electrons. The largest absolute Gasteiger partial charge is 0.307 e. The molecule has 2 heteroatoms. The van der Waals surface area contributed by atoms with E-state index in [-0.39, 0.29) is 0 Å². The topological polar surface area (TPSA) is 24.9 Å². The third kappa shape index (κ3) is 3.67. The van der Waals surface area contributed by atoms with E-state index in [2.05, 4.69) is 66.6 Å². The minimum absolute atomic E-state index is 0.353. The van der Waals surface area contributed by atoms with Crippen LogP contribution in [0, 0.1) is 0 Å². The van der Waals surface area contributed by atoms with Gasteiger partial charge in [0.1, 0.15) is 0 Å². The molecule has 1 heterocycles. The molecule has 1 aromatic heterocycles. The molecule has 2 nitrogen and oxygen atoms in total. The molecule has 2 atom stereocenters. The average Bonchev–Trinajstić information content (AvgIpc) is 2.40. The van der Waals surface area contributed by atoms with Gasteiger partial charge in [-0.2, -0.15) is 0 Å². The molecule has 0 amide bonds. The fraction of sp³-hybridized carbons (Fsp3) is 0.312. The van der Waals surface area contributed by atoms with Crippen molar-refractivity contribution in [2.75, 3.05) is 0 Å². The van der Waals surface area contributed by atoms with E-state index in [1.54, 1.807) is 0 Å². The molecular formula is C16H20N2. The Hall–Kier alpha value is -1.67. The first kappa shape index (κ1) is 12.8. The molecule has 18 heavy (non-hydrogen) atoms. The quantitative estimate of drug-likeness (QED) is 0.866. The number of nitrogens with zero attached hydrogens (tertiary/aromatic N) is 1. The SMILES string of the molecule is CC(Cc1ccccc1)N[C@H](C)c1ccncc1. The van der Waals surface area contributed by atoms with Crippen LogP contribution >= 0.6 is 0 Å². The number of hydrogen-bond acceptors (Lipinski definition) is 2. The number of benzene rings is 1. The lowest BCUT2D eigenvalue weighted by Gasteiger charge is -2.20. The van der Waals surface area contributed by atoms with Gasteiger partial charge in [0.15, 0.2) is 0 Å². The molecule has 2 rings (SSSR count). The fourth-order valence-electron chi connectivity index (χ4n) is 2.20. The molecule has 0 bridgehead atoms. The molecule has 0 aliphatic carbocycles. The minimum Gasteiger partial charge on any atom is -0.307 e. The summed E-state index contributed by atoms with van der Waals surface area (Å²) in [5.74, 6) is 0. The number of aromatic nitrogens is 1.